The van der Waals surface area contributed by atoms with E-state index in [9.17, 15) is 9.59 Å². The van der Waals surface area contributed by atoms with Crippen molar-refractivity contribution in [3.8, 4) is 0 Å². The molecule has 0 aromatic rings. The van der Waals surface area contributed by atoms with Crippen molar-refractivity contribution in [3.05, 3.63) is 11.6 Å². The maximum atomic E-state index is 11.4. The van der Waals surface area contributed by atoms with E-state index in [4.69, 9.17) is 20.9 Å². The number of carbonyl (C=O) groups excluding carboxylic acids is 2. The van der Waals surface area contributed by atoms with Crippen molar-refractivity contribution in [1.29, 1.82) is 0 Å². The monoisotopic (exact) mass is 500 g/mol. The summed E-state index contributed by atoms with van der Waals surface area (Å²) in [6.45, 7) is 10.6. The normalized spacial score (nSPS) is 44.1. The highest BCUT2D eigenvalue weighted by atomic mass is 16.8. The first-order valence-corrected chi connectivity index (χ1v) is 13.1. The van der Waals surface area contributed by atoms with E-state index in [1.54, 1.807) is 0 Å². The molecule has 7 atom stereocenters. The van der Waals surface area contributed by atoms with E-state index in [2.05, 4.69) is 41.0 Å². The number of amides is 4. The summed E-state index contributed by atoms with van der Waals surface area (Å²) in [7, 11) is 0. The maximum absolute atomic E-state index is 11.4. The van der Waals surface area contributed by atoms with Gasteiger partial charge in [0.1, 0.15) is 5.60 Å². The van der Waals surface area contributed by atoms with Gasteiger partial charge in [0.2, 0.25) is 0 Å². The molecule has 0 bridgehead atoms. The number of rotatable bonds is 3. The van der Waals surface area contributed by atoms with Gasteiger partial charge < -0.3 is 20.9 Å². The zero-order chi connectivity index (χ0) is 26.1. The standard InChI is InChI=1S/C26H40N6O4/c1-14(29-31-21(27)33)26-20(35-23(2,3)36-26)13-19-17-7-6-15-12-16(30-32-22(28)34)8-10-24(15,4)18(17)9-11-25(19,26)5/h12,17-20H,6-11,13H2,1-5H3,(H3,27,31,33)(H3,28,32,34)/b29-14-,30-16+/t17-,18-,19-,20-,24+,25-,26-/m1/s1. The first kappa shape index (κ1) is 25.2. The molecule has 1 heterocycles. The zero-order valence-electron chi connectivity index (χ0n) is 22.0. The van der Waals surface area contributed by atoms with Gasteiger partial charge >= 0.3 is 12.1 Å². The molecule has 1 aliphatic heterocycles. The Bertz CT molecular complexity index is 1070. The second-order valence-corrected chi connectivity index (χ2v) is 12.3. The van der Waals surface area contributed by atoms with Gasteiger partial charge in [-0.1, -0.05) is 19.4 Å². The van der Waals surface area contributed by atoms with E-state index < -0.39 is 23.5 Å². The minimum Gasteiger partial charge on any atom is -0.350 e. The molecule has 0 spiro atoms. The van der Waals surface area contributed by atoms with Gasteiger partial charge in [-0.05, 0) is 95.0 Å². The van der Waals surface area contributed by atoms with Gasteiger partial charge in [0, 0.05) is 5.41 Å². The van der Waals surface area contributed by atoms with Crippen LogP contribution in [-0.2, 0) is 9.47 Å². The Morgan fingerprint density at radius 1 is 1.03 bits per heavy atom. The maximum Gasteiger partial charge on any atom is 0.332 e. The van der Waals surface area contributed by atoms with Crippen LogP contribution < -0.4 is 22.3 Å². The van der Waals surface area contributed by atoms with E-state index in [0.29, 0.717) is 17.8 Å². The van der Waals surface area contributed by atoms with E-state index in [1.165, 1.54) is 5.57 Å². The molecule has 0 aromatic carbocycles. The third-order valence-corrected chi connectivity index (χ3v) is 10.2. The van der Waals surface area contributed by atoms with Crippen molar-refractivity contribution in [3.63, 3.8) is 0 Å². The van der Waals surface area contributed by atoms with Gasteiger partial charge in [-0.2, -0.15) is 10.2 Å². The fourth-order valence-electron chi connectivity index (χ4n) is 8.78. The van der Waals surface area contributed by atoms with Gasteiger partial charge in [0.05, 0.1) is 17.5 Å². The summed E-state index contributed by atoms with van der Waals surface area (Å²) in [5, 5.41) is 8.60. The highest BCUT2D eigenvalue weighted by Crippen LogP contribution is 2.70. The molecule has 5 rings (SSSR count). The Hall–Kier alpha value is -2.46. The Labute approximate surface area is 212 Å². The minimum atomic E-state index is -0.731. The molecule has 4 fully saturated rings. The molecule has 0 radical (unpaired) electrons. The average Bonchev–Trinajstić information content (AvgIpc) is 3.21. The second-order valence-electron chi connectivity index (χ2n) is 12.3. The van der Waals surface area contributed by atoms with E-state index in [0.717, 1.165) is 56.4 Å². The lowest BCUT2D eigenvalue weighted by Gasteiger charge is -2.59. The van der Waals surface area contributed by atoms with E-state index >= 15 is 0 Å². The van der Waals surface area contributed by atoms with Crippen LogP contribution in [-0.4, -0.2) is 41.0 Å². The molecular formula is C26H40N6O4. The number of urea groups is 2. The summed E-state index contributed by atoms with van der Waals surface area (Å²) in [5.74, 6) is 0.792. The molecule has 0 unspecified atom stereocenters. The SMILES string of the molecule is C/C(=N/NC(N)=O)[C@@]12OC(C)(C)O[C@@H]1C[C@@H]1[C@@H]3CCC4=C/C(=N/NC(N)=O)CC[C@]4(C)[C@@H]3CC[C@]12C. The number of hydrazone groups is 2. The van der Waals surface area contributed by atoms with Crippen molar-refractivity contribution in [2.75, 3.05) is 0 Å². The molecule has 4 amide bonds. The van der Waals surface area contributed by atoms with Crippen LogP contribution in [0.5, 0.6) is 0 Å². The fraction of sp³-hybridized carbons (Fsp3) is 0.769. The first-order valence-electron chi connectivity index (χ1n) is 13.1. The van der Waals surface area contributed by atoms with Crippen LogP contribution in [0.15, 0.2) is 21.9 Å². The molecule has 5 aliphatic rings. The van der Waals surface area contributed by atoms with Crippen LogP contribution in [0.3, 0.4) is 0 Å². The Morgan fingerprint density at radius 2 is 1.75 bits per heavy atom. The summed E-state index contributed by atoms with van der Waals surface area (Å²) in [5.41, 5.74) is 17.6. The number of allylic oxidation sites excluding steroid dienone is 2. The van der Waals surface area contributed by atoms with Crippen LogP contribution in [0.2, 0.25) is 0 Å². The lowest BCUT2D eigenvalue weighted by atomic mass is 9.46. The molecule has 1 saturated heterocycles. The van der Waals surface area contributed by atoms with Crippen LogP contribution >= 0.6 is 0 Å². The predicted octanol–water partition coefficient (Wildman–Crippen LogP) is 3.52. The van der Waals surface area contributed by atoms with Crippen molar-refractivity contribution in [2.45, 2.75) is 97.1 Å². The zero-order valence-corrected chi connectivity index (χ0v) is 22.0. The number of nitrogens with two attached hydrogens (primary N) is 2. The average molecular weight is 501 g/mol. The minimum absolute atomic E-state index is 0.110. The number of ether oxygens (including phenoxy) is 2. The molecule has 0 aromatic heterocycles. The van der Waals surface area contributed by atoms with Crippen molar-refractivity contribution >= 4 is 23.5 Å². The van der Waals surface area contributed by atoms with Gasteiger partial charge in [-0.15, -0.1) is 0 Å². The molecular weight excluding hydrogens is 460 g/mol. The van der Waals surface area contributed by atoms with E-state index in [1.807, 2.05) is 20.8 Å². The van der Waals surface area contributed by atoms with Crippen molar-refractivity contribution < 1.29 is 19.1 Å². The van der Waals surface area contributed by atoms with Crippen LogP contribution in [0.1, 0.15) is 79.6 Å². The number of hydrogen-bond acceptors (Lipinski definition) is 6. The second kappa shape index (κ2) is 8.28. The Balaban J connectivity index is 1.47. The summed E-state index contributed by atoms with van der Waals surface area (Å²) < 4.78 is 13.3. The first-order chi connectivity index (χ1) is 16.8. The summed E-state index contributed by atoms with van der Waals surface area (Å²) >= 11 is 0. The number of nitrogens with zero attached hydrogens (tertiary/aromatic N) is 2. The van der Waals surface area contributed by atoms with Gasteiger partial charge in [0.25, 0.3) is 0 Å². The lowest BCUT2D eigenvalue weighted by molar-refractivity contribution is -0.197. The van der Waals surface area contributed by atoms with Crippen LogP contribution in [0.25, 0.3) is 0 Å². The predicted molar refractivity (Wildman–Crippen MR) is 136 cm³/mol. The third-order valence-electron chi connectivity index (χ3n) is 10.2. The number of carbonyl (C=O) groups is 2. The van der Waals surface area contributed by atoms with Crippen molar-refractivity contribution in [1.82, 2.24) is 10.9 Å². The van der Waals surface area contributed by atoms with Crippen LogP contribution in [0, 0.1) is 28.6 Å². The summed E-state index contributed by atoms with van der Waals surface area (Å²) in [4.78, 5) is 22.6. The smallest absolute Gasteiger partial charge is 0.332 e. The Kier molecular flexibility index (Phi) is 5.79. The molecule has 10 nitrogen and oxygen atoms in total. The van der Waals surface area contributed by atoms with Gasteiger partial charge in [0.15, 0.2) is 5.79 Å². The third kappa shape index (κ3) is 3.59. The summed E-state index contributed by atoms with van der Waals surface area (Å²) in [6.07, 6.45) is 9.01. The number of fused-ring (bicyclic) bond motifs is 7. The number of primary amides is 2. The highest BCUT2D eigenvalue weighted by molar-refractivity contribution is 5.97. The van der Waals surface area contributed by atoms with E-state index in [-0.39, 0.29) is 16.9 Å². The molecule has 4 aliphatic carbocycles. The molecule has 36 heavy (non-hydrogen) atoms. The lowest BCUT2D eigenvalue weighted by Crippen LogP contribution is -2.60. The van der Waals surface area contributed by atoms with Crippen LogP contribution in [0.4, 0.5) is 9.59 Å². The molecule has 3 saturated carbocycles. The van der Waals surface area contributed by atoms with Gasteiger partial charge in [-0.25, -0.2) is 20.4 Å². The quantitative estimate of drug-likeness (QED) is 0.346. The van der Waals surface area contributed by atoms with Gasteiger partial charge in [-0.3, -0.25) is 0 Å². The fourth-order valence-corrected chi connectivity index (χ4v) is 8.78. The molecule has 10 heteroatoms. The molecule has 6 N–H and O–H groups in total. The topological polar surface area (TPSA) is 153 Å². The highest BCUT2D eigenvalue weighted by Gasteiger charge is 2.74. The summed E-state index contributed by atoms with van der Waals surface area (Å²) in [6, 6.07) is -1.32. The number of hydrogen-bond donors (Lipinski definition) is 4. The largest absolute Gasteiger partial charge is 0.350 e. The molecule has 198 valence electrons. The number of nitrogens with one attached hydrogen (secondary N) is 2. The van der Waals surface area contributed by atoms with Crippen molar-refractivity contribution in [2.24, 2.45) is 50.3 Å². The Morgan fingerprint density at radius 3 is 2.44 bits per heavy atom.